The number of carbonyl (C=O) groups is 1. The molecule has 2 rings (SSSR count). The Hall–Kier alpha value is -1.81. The quantitative estimate of drug-likeness (QED) is 0.798. The van der Waals surface area contributed by atoms with Crippen LogP contribution in [0.2, 0.25) is 5.02 Å². The van der Waals surface area contributed by atoms with E-state index in [9.17, 15) is 13.6 Å². The van der Waals surface area contributed by atoms with Crippen LogP contribution in [0.15, 0.2) is 36.7 Å². The molecule has 0 bridgehead atoms. The predicted molar refractivity (Wildman–Crippen MR) is 63.6 cm³/mol. The van der Waals surface area contributed by atoms with E-state index in [1.54, 1.807) is 6.07 Å². The zero-order valence-corrected chi connectivity index (χ0v) is 9.92. The van der Waals surface area contributed by atoms with E-state index in [1.165, 1.54) is 18.5 Å². The number of Topliss-reactive ketones (excluding diaryl/α,β-unsaturated/α-hetero) is 1. The minimum Gasteiger partial charge on any atom is -0.294 e. The average Bonchev–Trinajstić information content (AvgIpc) is 2.35. The van der Waals surface area contributed by atoms with Crippen LogP contribution in [0, 0.1) is 11.6 Å². The fourth-order valence-electron chi connectivity index (χ4n) is 1.49. The van der Waals surface area contributed by atoms with E-state index in [0.29, 0.717) is 10.6 Å². The molecular formula is C13H8ClF2NO. The number of rotatable bonds is 3. The number of hydrogen-bond donors (Lipinski definition) is 0. The number of benzene rings is 1. The van der Waals surface area contributed by atoms with E-state index >= 15 is 0 Å². The molecule has 1 aromatic carbocycles. The first kappa shape index (κ1) is 12.6. The third-order valence-electron chi connectivity index (χ3n) is 2.45. The zero-order valence-electron chi connectivity index (χ0n) is 9.16. The van der Waals surface area contributed by atoms with Gasteiger partial charge < -0.3 is 0 Å². The Balaban J connectivity index is 2.22. The highest BCUT2D eigenvalue weighted by molar-refractivity contribution is 6.31. The molecule has 0 atom stereocenters. The molecule has 92 valence electrons. The van der Waals surface area contributed by atoms with E-state index in [4.69, 9.17) is 11.6 Å². The van der Waals surface area contributed by atoms with Gasteiger partial charge in [0, 0.05) is 24.4 Å². The molecule has 0 aliphatic carbocycles. The van der Waals surface area contributed by atoms with Crippen molar-refractivity contribution in [1.82, 2.24) is 4.98 Å². The second-order valence-electron chi connectivity index (χ2n) is 3.70. The number of carbonyl (C=O) groups excluding carboxylic acids is 1. The lowest BCUT2D eigenvalue weighted by atomic mass is 10.0. The molecule has 0 aliphatic heterocycles. The minimum absolute atomic E-state index is 0.0203. The van der Waals surface area contributed by atoms with Crippen LogP contribution < -0.4 is 0 Å². The van der Waals surface area contributed by atoms with Gasteiger partial charge in [-0.25, -0.2) is 8.78 Å². The molecule has 2 nitrogen and oxygen atoms in total. The summed E-state index contributed by atoms with van der Waals surface area (Å²) < 4.78 is 25.7. The fourth-order valence-corrected chi connectivity index (χ4v) is 1.68. The standard InChI is InChI=1S/C13H8ClF2NO/c14-10-7-17-4-3-8(10)6-13(18)9-1-2-11(15)12(16)5-9/h1-5,7H,6H2. The van der Waals surface area contributed by atoms with Crippen molar-refractivity contribution in [2.75, 3.05) is 0 Å². The van der Waals surface area contributed by atoms with Gasteiger partial charge in [-0.1, -0.05) is 11.6 Å². The highest BCUT2D eigenvalue weighted by Gasteiger charge is 2.12. The Morgan fingerprint density at radius 1 is 1.22 bits per heavy atom. The van der Waals surface area contributed by atoms with Gasteiger partial charge in [0.15, 0.2) is 17.4 Å². The van der Waals surface area contributed by atoms with Gasteiger partial charge >= 0.3 is 0 Å². The van der Waals surface area contributed by atoms with E-state index in [1.807, 2.05) is 0 Å². The van der Waals surface area contributed by atoms with Crippen molar-refractivity contribution in [3.05, 3.63) is 64.4 Å². The average molecular weight is 268 g/mol. The molecule has 0 saturated carbocycles. The Kier molecular flexibility index (Phi) is 3.67. The third kappa shape index (κ3) is 2.71. The van der Waals surface area contributed by atoms with Crippen molar-refractivity contribution in [3.8, 4) is 0 Å². The summed E-state index contributed by atoms with van der Waals surface area (Å²) in [5.74, 6) is -2.35. The smallest absolute Gasteiger partial charge is 0.167 e. The first-order valence-electron chi connectivity index (χ1n) is 5.14. The maximum Gasteiger partial charge on any atom is 0.167 e. The Bertz CT molecular complexity index is 601. The maximum atomic E-state index is 13.0. The minimum atomic E-state index is -1.04. The number of pyridine rings is 1. The summed E-state index contributed by atoms with van der Waals surface area (Å²) in [6.07, 6.45) is 2.96. The van der Waals surface area contributed by atoms with E-state index < -0.39 is 11.6 Å². The lowest BCUT2D eigenvalue weighted by molar-refractivity contribution is 0.0992. The van der Waals surface area contributed by atoms with Gasteiger partial charge in [-0.05, 0) is 29.8 Å². The van der Waals surface area contributed by atoms with E-state index in [0.717, 1.165) is 12.1 Å². The maximum absolute atomic E-state index is 13.0. The Morgan fingerprint density at radius 2 is 2.00 bits per heavy atom. The van der Waals surface area contributed by atoms with Gasteiger partial charge in [0.05, 0.1) is 5.02 Å². The molecule has 0 spiro atoms. The van der Waals surface area contributed by atoms with Gasteiger partial charge in [-0.15, -0.1) is 0 Å². The first-order valence-corrected chi connectivity index (χ1v) is 5.52. The zero-order chi connectivity index (χ0) is 13.1. The second kappa shape index (κ2) is 5.23. The van der Waals surface area contributed by atoms with Gasteiger partial charge in [0.1, 0.15) is 0 Å². The summed E-state index contributed by atoms with van der Waals surface area (Å²) in [4.78, 5) is 15.7. The summed E-state index contributed by atoms with van der Waals surface area (Å²) in [5.41, 5.74) is 0.711. The van der Waals surface area contributed by atoms with Crippen LogP contribution in [0.4, 0.5) is 8.78 Å². The van der Waals surface area contributed by atoms with Gasteiger partial charge in [0.25, 0.3) is 0 Å². The summed E-state index contributed by atoms with van der Waals surface area (Å²) >= 11 is 5.86. The van der Waals surface area contributed by atoms with Crippen LogP contribution in [-0.2, 0) is 6.42 Å². The molecule has 1 heterocycles. The molecule has 1 aromatic heterocycles. The Labute approximate surface area is 107 Å². The van der Waals surface area contributed by atoms with E-state index in [2.05, 4.69) is 4.98 Å². The van der Waals surface area contributed by atoms with Crippen LogP contribution in [0.1, 0.15) is 15.9 Å². The molecule has 5 heteroatoms. The number of aromatic nitrogens is 1. The van der Waals surface area contributed by atoms with Crippen molar-refractivity contribution < 1.29 is 13.6 Å². The molecule has 2 aromatic rings. The Morgan fingerprint density at radius 3 is 2.67 bits per heavy atom. The summed E-state index contributed by atoms with van der Waals surface area (Å²) in [7, 11) is 0. The van der Waals surface area contributed by atoms with E-state index in [-0.39, 0.29) is 17.8 Å². The molecule has 0 aliphatic rings. The van der Waals surface area contributed by atoms with Crippen LogP contribution in [0.3, 0.4) is 0 Å². The van der Waals surface area contributed by atoms with Crippen LogP contribution in [0.5, 0.6) is 0 Å². The normalized spacial score (nSPS) is 10.4. The predicted octanol–water partition coefficient (Wildman–Crippen LogP) is 3.44. The van der Waals surface area contributed by atoms with Crippen molar-refractivity contribution in [3.63, 3.8) is 0 Å². The number of nitrogens with zero attached hydrogens (tertiary/aromatic N) is 1. The van der Waals surface area contributed by atoms with Crippen molar-refractivity contribution in [2.45, 2.75) is 6.42 Å². The monoisotopic (exact) mass is 267 g/mol. The highest BCUT2D eigenvalue weighted by Crippen LogP contribution is 2.17. The molecule has 0 fully saturated rings. The van der Waals surface area contributed by atoms with Crippen LogP contribution in [-0.4, -0.2) is 10.8 Å². The number of halogens is 3. The lowest BCUT2D eigenvalue weighted by Crippen LogP contribution is -2.05. The van der Waals surface area contributed by atoms with Crippen LogP contribution in [0.25, 0.3) is 0 Å². The number of hydrogen-bond acceptors (Lipinski definition) is 2. The fraction of sp³-hybridized carbons (Fsp3) is 0.0769. The molecule has 18 heavy (non-hydrogen) atoms. The third-order valence-corrected chi connectivity index (χ3v) is 2.79. The first-order chi connectivity index (χ1) is 8.58. The lowest BCUT2D eigenvalue weighted by Gasteiger charge is -2.03. The summed E-state index contributed by atoms with van der Waals surface area (Å²) in [5, 5.41) is 0.369. The van der Waals surface area contributed by atoms with Gasteiger partial charge in [-0.3, -0.25) is 9.78 Å². The topological polar surface area (TPSA) is 30.0 Å². The van der Waals surface area contributed by atoms with Crippen molar-refractivity contribution >= 4 is 17.4 Å². The molecule has 0 unspecified atom stereocenters. The summed E-state index contributed by atoms with van der Waals surface area (Å²) in [6, 6.07) is 4.67. The number of ketones is 1. The SMILES string of the molecule is O=C(Cc1ccncc1Cl)c1ccc(F)c(F)c1. The molecular weight excluding hydrogens is 260 g/mol. The van der Waals surface area contributed by atoms with Gasteiger partial charge in [-0.2, -0.15) is 0 Å². The second-order valence-corrected chi connectivity index (χ2v) is 4.10. The molecule has 0 N–H and O–H groups in total. The highest BCUT2D eigenvalue weighted by atomic mass is 35.5. The molecule has 0 saturated heterocycles. The van der Waals surface area contributed by atoms with Crippen LogP contribution >= 0.6 is 11.6 Å². The largest absolute Gasteiger partial charge is 0.294 e. The molecule has 0 amide bonds. The summed E-state index contributed by atoms with van der Waals surface area (Å²) in [6.45, 7) is 0. The van der Waals surface area contributed by atoms with Gasteiger partial charge in [0.2, 0.25) is 0 Å². The van der Waals surface area contributed by atoms with Crippen molar-refractivity contribution in [1.29, 1.82) is 0 Å². The molecule has 0 radical (unpaired) electrons. The van der Waals surface area contributed by atoms with Crippen molar-refractivity contribution in [2.24, 2.45) is 0 Å².